The van der Waals surface area contributed by atoms with E-state index in [2.05, 4.69) is 14.7 Å². The Morgan fingerprint density at radius 2 is 1.95 bits per heavy atom. The van der Waals surface area contributed by atoms with Gasteiger partial charge in [-0.15, -0.1) is 0 Å². The minimum absolute atomic E-state index is 0.124. The second kappa shape index (κ2) is 11.8. The number of aromatic nitrogens is 5. The van der Waals surface area contributed by atoms with Crippen LogP contribution >= 0.6 is 0 Å². The largest absolute Gasteiger partial charge is 0.491 e. The zero-order valence-electron chi connectivity index (χ0n) is 24.6. The van der Waals surface area contributed by atoms with Crippen LogP contribution in [0.1, 0.15) is 66.9 Å². The summed E-state index contributed by atoms with van der Waals surface area (Å²) in [5, 5.41) is 19.0. The molecule has 1 saturated heterocycles. The molecule has 0 spiro atoms. The molecule has 1 fully saturated rings. The Kier molecular flexibility index (Phi) is 7.96. The van der Waals surface area contributed by atoms with Gasteiger partial charge in [-0.3, -0.25) is 4.68 Å². The van der Waals surface area contributed by atoms with Gasteiger partial charge in [0.15, 0.2) is 5.82 Å². The number of ether oxygens (including phenoxy) is 2. The third kappa shape index (κ3) is 5.38. The zero-order chi connectivity index (χ0) is 29.4. The molecular weight excluding hydrogens is 539 g/mol. The number of halogens is 1. The number of aliphatic hydroxyl groups excluding tert-OH is 1. The van der Waals surface area contributed by atoms with E-state index in [-0.39, 0.29) is 18.0 Å². The second-order valence-corrected chi connectivity index (χ2v) is 11.2. The van der Waals surface area contributed by atoms with Crippen LogP contribution in [-0.2, 0) is 17.8 Å². The first kappa shape index (κ1) is 28.3. The maximum absolute atomic E-state index is 15.4. The quantitative estimate of drug-likeness (QED) is 0.277. The van der Waals surface area contributed by atoms with Gasteiger partial charge in [0.1, 0.15) is 29.8 Å². The van der Waals surface area contributed by atoms with Crippen molar-refractivity contribution in [1.29, 1.82) is 0 Å². The summed E-state index contributed by atoms with van der Waals surface area (Å²) in [6.45, 7) is 10.6. The van der Waals surface area contributed by atoms with Gasteiger partial charge < -0.3 is 24.0 Å². The first-order chi connectivity index (χ1) is 20.3. The lowest BCUT2D eigenvalue weighted by Crippen LogP contribution is -2.24. The summed E-state index contributed by atoms with van der Waals surface area (Å²) in [6.07, 6.45) is 4.71. The molecule has 2 aliphatic heterocycles. The molecule has 11 heteroatoms. The topological polar surface area (TPSA) is 112 Å². The van der Waals surface area contributed by atoms with Crippen molar-refractivity contribution in [3.05, 3.63) is 58.5 Å². The summed E-state index contributed by atoms with van der Waals surface area (Å²) in [6, 6.07) is 4.82. The minimum atomic E-state index is -0.592. The normalized spacial score (nSPS) is 16.2. The van der Waals surface area contributed by atoms with Crippen molar-refractivity contribution in [2.24, 2.45) is 0 Å². The summed E-state index contributed by atoms with van der Waals surface area (Å²) in [5.74, 6) is 1.57. The highest BCUT2D eigenvalue weighted by Gasteiger charge is 2.31. The molecule has 2 aliphatic rings. The molecule has 0 unspecified atom stereocenters. The Hall–Kier alpha value is -3.83. The van der Waals surface area contributed by atoms with Crippen molar-refractivity contribution < 1.29 is 23.5 Å². The number of hydrogen-bond donors (Lipinski definition) is 1. The van der Waals surface area contributed by atoms with E-state index < -0.39 is 11.9 Å². The Morgan fingerprint density at radius 1 is 1.14 bits per heavy atom. The van der Waals surface area contributed by atoms with Crippen molar-refractivity contribution in [3.63, 3.8) is 0 Å². The Balaban J connectivity index is 1.40. The highest BCUT2D eigenvalue weighted by Crippen LogP contribution is 2.39. The molecule has 6 rings (SSSR count). The number of aryl methyl sites for hydroxylation is 2. The number of benzene rings is 1. The first-order valence-corrected chi connectivity index (χ1v) is 14.6. The third-order valence-corrected chi connectivity index (χ3v) is 8.16. The van der Waals surface area contributed by atoms with Gasteiger partial charge in [-0.1, -0.05) is 18.5 Å². The van der Waals surface area contributed by atoms with E-state index in [1.165, 1.54) is 11.8 Å². The predicted molar refractivity (Wildman–Crippen MR) is 155 cm³/mol. The minimum Gasteiger partial charge on any atom is -0.491 e. The fourth-order valence-corrected chi connectivity index (χ4v) is 5.94. The fourth-order valence-electron chi connectivity index (χ4n) is 5.94. The van der Waals surface area contributed by atoms with Gasteiger partial charge in [-0.2, -0.15) is 5.10 Å². The van der Waals surface area contributed by atoms with Crippen LogP contribution in [0.15, 0.2) is 28.9 Å². The van der Waals surface area contributed by atoms with Crippen molar-refractivity contribution in [3.8, 4) is 28.4 Å². The molecule has 0 amide bonds. The molecule has 10 nitrogen and oxygen atoms in total. The van der Waals surface area contributed by atoms with Gasteiger partial charge in [-0.25, -0.2) is 14.4 Å². The molecule has 0 radical (unpaired) electrons. The zero-order valence-corrected chi connectivity index (χ0v) is 24.6. The maximum Gasteiger partial charge on any atom is 0.165 e. The third-order valence-electron chi connectivity index (χ3n) is 8.16. The van der Waals surface area contributed by atoms with Crippen LogP contribution < -0.4 is 9.64 Å². The predicted octanol–water partition coefficient (Wildman–Crippen LogP) is 5.47. The lowest BCUT2D eigenvalue weighted by molar-refractivity contribution is 0.0655. The van der Waals surface area contributed by atoms with Crippen LogP contribution in [0, 0.1) is 26.6 Å². The van der Waals surface area contributed by atoms with Gasteiger partial charge in [0, 0.05) is 30.9 Å². The Labute approximate surface area is 244 Å². The highest BCUT2D eigenvalue weighted by atomic mass is 19.1. The van der Waals surface area contributed by atoms with Gasteiger partial charge in [0.05, 0.1) is 53.1 Å². The van der Waals surface area contributed by atoms with Crippen LogP contribution in [-0.4, -0.2) is 55.9 Å². The molecule has 1 atom stereocenters. The van der Waals surface area contributed by atoms with E-state index in [4.69, 9.17) is 29.1 Å². The molecule has 3 aromatic heterocycles. The number of anilines is 1. The number of hydrogen-bond acceptors (Lipinski definition) is 9. The molecule has 0 bridgehead atoms. The van der Waals surface area contributed by atoms with Crippen LogP contribution in [0.4, 0.5) is 10.2 Å². The fraction of sp³-hybridized carbons (Fsp3) is 0.484. The number of fused-ring (bicyclic) bond motifs is 1. The number of rotatable bonds is 9. The first-order valence-electron chi connectivity index (χ1n) is 14.6. The standard InChI is InChI=1S/C31H37FN6O4/c1-5-6-23(39)17-41-24-7-8-26(32)25(13-24)30-34-29(28-19(3)36-42-20(28)4)18(2)31(35-30)37-15-21-14-33-38(27(21)16-37)22-9-11-40-12-10-22/h7-8,13-14,22-23,39H,5-6,9-12,15-17H2,1-4H3/t23-/m1/s1. The lowest BCUT2D eigenvalue weighted by Gasteiger charge is -2.25. The van der Waals surface area contributed by atoms with Crippen molar-refractivity contribution in [1.82, 2.24) is 24.9 Å². The van der Waals surface area contributed by atoms with E-state index in [0.29, 0.717) is 54.3 Å². The summed E-state index contributed by atoms with van der Waals surface area (Å²) in [4.78, 5) is 12.0. The van der Waals surface area contributed by atoms with Crippen LogP contribution in [0.2, 0.25) is 0 Å². The van der Waals surface area contributed by atoms with Crippen molar-refractivity contribution in [2.45, 2.75) is 78.6 Å². The van der Waals surface area contributed by atoms with Gasteiger partial charge in [-0.05, 0) is 58.2 Å². The smallest absolute Gasteiger partial charge is 0.165 e. The number of aliphatic hydroxyl groups is 1. The molecule has 0 aliphatic carbocycles. The summed E-state index contributed by atoms with van der Waals surface area (Å²) >= 11 is 0. The number of nitrogens with zero attached hydrogens (tertiary/aromatic N) is 6. The van der Waals surface area contributed by atoms with E-state index >= 15 is 4.39 Å². The molecule has 1 aromatic carbocycles. The van der Waals surface area contributed by atoms with Crippen molar-refractivity contribution >= 4 is 5.82 Å². The second-order valence-electron chi connectivity index (χ2n) is 11.2. The average molecular weight is 577 g/mol. The summed E-state index contributed by atoms with van der Waals surface area (Å²) in [7, 11) is 0. The monoisotopic (exact) mass is 576 g/mol. The van der Waals surface area contributed by atoms with E-state index in [1.54, 1.807) is 12.1 Å². The van der Waals surface area contributed by atoms with Crippen LogP contribution in [0.5, 0.6) is 5.75 Å². The molecule has 4 aromatic rings. The van der Waals surface area contributed by atoms with E-state index in [1.807, 2.05) is 33.9 Å². The van der Waals surface area contributed by atoms with Gasteiger partial charge >= 0.3 is 0 Å². The lowest BCUT2D eigenvalue weighted by atomic mass is 10.0. The molecule has 0 saturated carbocycles. The molecule has 42 heavy (non-hydrogen) atoms. The Bertz CT molecular complexity index is 1560. The van der Waals surface area contributed by atoms with E-state index in [9.17, 15) is 5.11 Å². The SMILES string of the molecule is CCC[C@@H](O)COc1ccc(F)c(-c2nc(-c3c(C)noc3C)c(C)c(N3Cc4cnn(C5CCOCC5)c4C3)n2)c1. The van der Waals surface area contributed by atoms with Gasteiger partial charge in [0.2, 0.25) is 0 Å². The van der Waals surface area contributed by atoms with Crippen LogP contribution in [0.25, 0.3) is 22.6 Å². The molecule has 222 valence electrons. The molecule has 5 heterocycles. The van der Waals surface area contributed by atoms with Crippen molar-refractivity contribution in [2.75, 3.05) is 24.7 Å². The average Bonchev–Trinajstić information content (AvgIpc) is 3.68. The molecular formula is C31H37FN6O4. The highest BCUT2D eigenvalue weighted by molar-refractivity contribution is 5.75. The van der Waals surface area contributed by atoms with Crippen LogP contribution in [0.3, 0.4) is 0 Å². The summed E-state index contributed by atoms with van der Waals surface area (Å²) < 4.78 is 34.4. The summed E-state index contributed by atoms with van der Waals surface area (Å²) in [5.41, 5.74) is 5.54. The van der Waals surface area contributed by atoms with Gasteiger partial charge in [0.25, 0.3) is 0 Å². The maximum atomic E-state index is 15.4. The Morgan fingerprint density at radius 3 is 2.69 bits per heavy atom. The van der Waals surface area contributed by atoms with E-state index in [0.717, 1.165) is 49.2 Å². The molecule has 1 N–H and O–H groups in total.